The number of carbonyl (C=O) groups is 2. The molecule has 0 bridgehead atoms. The summed E-state index contributed by atoms with van der Waals surface area (Å²) in [6.45, 7) is 1.03. The van der Waals surface area contributed by atoms with E-state index in [-0.39, 0.29) is 11.8 Å². The van der Waals surface area contributed by atoms with Gasteiger partial charge < -0.3 is 15.4 Å². The molecule has 1 aromatic rings. The van der Waals surface area contributed by atoms with Crippen molar-refractivity contribution >= 4 is 17.5 Å². The van der Waals surface area contributed by atoms with Gasteiger partial charge in [-0.25, -0.2) is 0 Å². The lowest BCUT2D eigenvalue weighted by atomic mass is 10.2. The number of nitrogens with one attached hydrogen (secondary N) is 2. The van der Waals surface area contributed by atoms with Gasteiger partial charge in [-0.3, -0.25) is 9.59 Å². The predicted octanol–water partition coefficient (Wildman–Crippen LogP) is 2.33. The summed E-state index contributed by atoms with van der Waals surface area (Å²) in [7, 11) is 0. The smallest absolute Gasteiger partial charge is 0.376 e. The fourth-order valence-electron chi connectivity index (χ4n) is 2.19. The zero-order valence-corrected chi connectivity index (χ0v) is 12.3. The van der Waals surface area contributed by atoms with Crippen LogP contribution in [0, 0.1) is 0 Å². The van der Waals surface area contributed by atoms with E-state index >= 15 is 0 Å². The molecular formula is C15H17F3N2O3. The zero-order chi connectivity index (χ0) is 16.9. The van der Waals surface area contributed by atoms with Gasteiger partial charge in [0.15, 0.2) is 0 Å². The maximum absolute atomic E-state index is 12.4. The number of amides is 2. The Kier molecular flexibility index (Phi) is 5.59. The van der Waals surface area contributed by atoms with Crippen molar-refractivity contribution in [2.24, 2.45) is 0 Å². The predicted molar refractivity (Wildman–Crippen MR) is 76.7 cm³/mol. The van der Waals surface area contributed by atoms with Crippen LogP contribution < -0.4 is 10.6 Å². The molecule has 1 aromatic carbocycles. The van der Waals surface area contributed by atoms with Crippen molar-refractivity contribution in [3.63, 3.8) is 0 Å². The molecule has 0 spiro atoms. The van der Waals surface area contributed by atoms with Crippen LogP contribution in [0.2, 0.25) is 0 Å². The molecule has 126 valence electrons. The molecule has 0 aromatic heterocycles. The number of rotatable bonds is 5. The van der Waals surface area contributed by atoms with Crippen LogP contribution in [0.4, 0.5) is 18.9 Å². The Morgan fingerprint density at radius 1 is 1.17 bits per heavy atom. The van der Waals surface area contributed by atoms with Crippen LogP contribution in [0.15, 0.2) is 24.3 Å². The number of carbonyl (C=O) groups excluding carboxylic acids is 2. The Hall–Kier alpha value is -2.09. The zero-order valence-electron chi connectivity index (χ0n) is 12.3. The van der Waals surface area contributed by atoms with Crippen molar-refractivity contribution in [2.75, 3.05) is 18.5 Å². The number of hydrogen-bond donors (Lipinski definition) is 2. The van der Waals surface area contributed by atoms with Gasteiger partial charge in [0, 0.05) is 18.8 Å². The van der Waals surface area contributed by atoms with Gasteiger partial charge in [-0.15, -0.1) is 0 Å². The molecule has 2 N–H and O–H groups in total. The monoisotopic (exact) mass is 330 g/mol. The maximum Gasteiger partial charge on any atom is 0.416 e. The van der Waals surface area contributed by atoms with Crippen LogP contribution >= 0.6 is 0 Å². The summed E-state index contributed by atoms with van der Waals surface area (Å²) in [6.07, 6.45) is -3.01. The number of alkyl halides is 3. The summed E-state index contributed by atoms with van der Waals surface area (Å²) in [4.78, 5) is 23.3. The number of anilines is 1. The topological polar surface area (TPSA) is 67.4 Å². The fraction of sp³-hybridized carbons (Fsp3) is 0.467. The number of benzene rings is 1. The maximum atomic E-state index is 12.4. The van der Waals surface area contributed by atoms with Crippen molar-refractivity contribution in [1.29, 1.82) is 0 Å². The first kappa shape index (κ1) is 17.3. The van der Waals surface area contributed by atoms with E-state index in [1.54, 1.807) is 0 Å². The number of ether oxygens (including phenoxy) is 1. The van der Waals surface area contributed by atoms with E-state index in [1.165, 1.54) is 0 Å². The molecule has 1 heterocycles. The van der Waals surface area contributed by atoms with Crippen molar-refractivity contribution < 1.29 is 27.5 Å². The Morgan fingerprint density at radius 2 is 1.87 bits per heavy atom. The van der Waals surface area contributed by atoms with Crippen molar-refractivity contribution in [1.82, 2.24) is 5.32 Å². The molecule has 2 rings (SSSR count). The second kappa shape index (κ2) is 7.45. The summed E-state index contributed by atoms with van der Waals surface area (Å²) in [5.74, 6) is -1.04. The highest BCUT2D eigenvalue weighted by atomic mass is 19.4. The molecule has 2 amide bonds. The van der Waals surface area contributed by atoms with Gasteiger partial charge in [0.05, 0.1) is 11.7 Å². The van der Waals surface area contributed by atoms with Gasteiger partial charge in [0.1, 0.15) is 6.42 Å². The summed E-state index contributed by atoms with van der Waals surface area (Å²) < 4.78 is 42.6. The first-order valence-corrected chi connectivity index (χ1v) is 7.20. The van der Waals surface area contributed by atoms with E-state index < -0.39 is 30.0 Å². The van der Waals surface area contributed by atoms with E-state index in [4.69, 9.17) is 4.74 Å². The first-order valence-electron chi connectivity index (χ1n) is 7.20. The average molecular weight is 330 g/mol. The Morgan fingerprint density at radius 3 is 2.43 bits per heavy atom. The van der Waals surface area contributed by atoms with Crippen LogP contribution in [0.5, 0.6) is 0 Å². The summed E-state index contributed by atoms with van der Waals surface area (Å²) >= 11 is 0. The summed E-state index contributed by atoms with van der Waals surface area (Å²) in [5, 5.41) is 4.98. The van der Waals surface area contributed by atoms with Crippen molar-refractivity contribution in [2.45, 2.75) is 31.5 Å². The molecule has 8 heteroatoms. The second-order valence-corrected chi connectivity index (χ2v) is 5.24. The second-order valence-electron chi connectivity index (χ2n) is 5.24. The van der Waals surface area contributed by atoms with Gasteiger partial charge in [0.2, 0.25) is 11.8 Å². The highest BCUT2D eigenvalue weighted by molar-refractivity contribution is 6.03. The van der Waals surface area contributed by atoms with Gasteiger partial charge in [-0.05, 0) is 37.1 Å². The average Bonchev–Trinajstić information content (AvgIpc) is 2.98. The van der Waals surface area contributed by atoms with Crippen LogP contribution in [0.25, 0.3) is 0 Å². The quantitative estimate of drug-likeness (QED) is 0.814. The minimum absolute atomic E-state index is 0.0167. The molecule has 5 nitrogen and oxygen atoms in total. The van der Waals surface area contributed by atoms with Gasteiger partial charge in [0.25, 0.3) is 0 Å². The fourth-order valence-corrected chi connectivity index (χ4v) is 2.19. The molecule has 0 radical (unpaired) electrons. The third kappa shape index (κ3) is 5.55. The molecule has 1 aliphatic heterocycles. The third-order valence-electron chi connectivity index (χ3n) is 3.37. The van der Waals surface area contributed by atoms with Crippen LogP contribution in [0.3, 0.4) is 0 Å². The normalized spacial score (nSPS) is 17.8. The first-order chi connectivity index (χ1) is 10.8. The Balaban J connectivity index is 1.76. The van der Waals surface area contributed by atoms with Crippen LogP contribution in [-0.4, -0.2) is 31.1 Å². The Bertz CT molecular complexity index is 552. The number of hydrogen-bond acceptors (Lipinski definition) is 3. The Labute approximate surface area is 131 Å². The largest absolute Gasteiger partial charge is 0.416 e. The van der Waals surface area contributed by atoms with E-state index in [0.717, 1.165) is 37.1 Å². The minimum atomic E-state index is -4.43. The van der Waals surface area contributed by atoms with Crippen LogP contribution in [-0.2, 0) is 20.5 Å². The molecule has 1 aliphatic rings. The third-order valence-corrected chi connectivity index (χ3v) is 3.37. The van der Waals surface area contributed by atoms with E-state index in [2.05, 4.69) is 10.6 Å². The lowest BCUT2D eigenvalue weighted by molar-refractivity contribution is -0.137. The van der Waals surface area contributed by atoms with E-state index in [0.29, 0.717) is 13.2 Å². The van der Waals surface area contributed by atoms with Crippen LogP contribution in [0.1, 0.15) is 24.8 Å². The van der Waals surface area contributed by atoms with Crippen molar-refractivity contribution in [3.05, 3.63) is 29.8 Å². The summed E-state index contributed by atoms with van der Waals surface area (Å²) in [6, 6.07) is 4.02. The molecule has 1 saturated heterocycles. The molecule has 1 atom stereocenters. The molecular weight excluding hydrogens is 313 g/mol. The highest BCUT2D eigenvalue weighted by Crippen LogP contribution is 2.29. The van der Waals surface area contributed by atoms with E-state index in [9.17, 15) is 22.8 Å². The SMILES string of the molecule is O=C(CC(=O)Nc1ccc(C(F)(F)F)cc1)NCC1CCCO1. The molecule has 1 unspecified atom stereocenters. The van der Waals surface area contributed by atoms with Crippen molar-refractivity contribution in [3.8, 4) is 0 Å². The van der Waals surface area contributed by atoms with E-state index in [1.807, 2.05) is 0 Å². The molecule has 23 heavy (non-hydrogen) atoms. The molecule has 1 fully saturated rings. The molecule has 0 saturated carbocycles. The van der Waals surface area contributed by atoms with Gasteiger partial charge in [-0.1, -0.05) is 0 Å². The van der Waals surface area contributed by atoms with Gasteiger partial charge in [-0.2, -0.15) is 13.2 Å². The lowest BCUT2D eigenvalue weighted by Gasteiger charge is -2.11. The van der Waals surface area contributed by atoms with Gasteiger partial charge >= 0.3 is 6.18 Å². The minimum Gasteiger partial charge on any atom is -0.376 e. The summed E-state index contributed by atoms with van der Waals surface area (Å²) in [5.41, 5.74) is -0.597. The highest BCUT2D eigenvalue weighted by Gasteiger charge is 2.30. The molecule has 0 aliphatic carbocycles. The number of halogens is 3. The standard InChI is InChI=1S/C15H17F3N2O3/c16-15(17,18)10-3-5-11(6-4-10)20-14(22)8-13(21)19-9-12-2-1-7-23-12/h3-6,12H,1-2,7-9H2,(H,19,21)(H,20,22). The lowest BCUT2D eigenvalue weighted by Crippen LogP contribution is -2.34.